The lowest BCUT2D eigenvalue weighted by Gasteiger charge is -2.29. The lowest BCUT2D eigenvalue weighted by molar-refractivity contribution is 0.669. The van der Waals surface area contributed by atoms with Crippen LogP contribution in [0.2, 0.25) is 0 Å². The summed E-state index contributed by atoms with van der Waals surface area (Å²) in [4.78, 5) is 4.77. The summed E-state index contributed by atoms with van der Waals surface area (Å²) < 4.78 is 13.8. The lowest BCUT2D eigenvalue weighted by Crippen LogP contribution is -2.12. The number of fused-ring (bicyclic) bond motifs is 10. The second-order valence-electron chi connectivity index (χ2n) is 16.8. The van der Waals surface area contributed by atoms with Crippen molar-refractivity contribution < 1.29 is 8.83 Å². The molecule has 0 aliphatic rings. The van der Waals surface area contributed by atoms with Crippen LogP contribution in [-0.4, -0.2) is 0 Å². The van der Waals surface area contributed by atoms with Crippen molar-refractivity contribution in [2.75, 3.05) is 9.80 Å². The second kappa shape index (κ2) is 13.4. The molecule has 0 bridgehead atoms. The number of hydrogen-bond donors (Lipinski definition) is 0. The van der Waals surface area contributed by atoms with Crippen LogP contribution in [0.1, 0.15) is 0 Å². The van der Waals surface area contributed by atoms with E-state index in [1.807, 2.05) is 0 Å². The molecule has 4 nitrogen and oxygen atoms in total. The minimum atomic E-state index is 0.858. The summed E-state index contributed by atoms with van der Waals surface area (Å²) in [5, 5.41) is 16.3. The van der Waals surface area contributed by atoms with Gasteiger partial charge >= 0.3 is 0 Å². The van der Waals surface area contributed by atoms with Crippen LogP contribution in [-0.2, 0) is 0 Å². The van der Waals surface area contributed by atoms with E-state index in [0.717, 1.165) is 94.2 Å². The summed E-state index contributed by atoms with van der Waals surface area (Å²) in [6.07, 6.45) is 0. The van der Waals surface area contributed by atoms with Crippen molar-refractivity contribution in [3.63, 3.8) is 0 Å². The number of anilines is 6. The third-order valence-electron chi connectivity index (χ3n) is 13.3. The highest BCUT2D eigenvalue weighted by Gasteiger charge is 2.26. The van der Waals surface area contributed by atoms with Crippen LogP contribution >= 0.6 is 0 Å². The van der Waals surface area contributed by atoms with Crippen molar-refractivity contribution in [1.82, 2.24) is 0 Å². The SMILES string of the molecule is c1ccc(N(c2ccc3ccc4c(N(c5ccccc5)c5cc6ccccc6c6c5oc5ccccc56)ccc5ccc2c3c54)c2cccc3c2oc2ccc4ccccc4c23)cc1. The molecule has 14 aromatic rings. The van der Waals surface area contributed by atoms with Gasteiger partial charge in [-0.1, -0.05) is 158 Å². The highest BCUT2D eigenvalue weighted by atomic mass is 16.3. The molecule has 0 radical (unpaired) electrons. The van der Waals surface area contributed by atoms with Crippen molar-refractivity contribution in [1.29, 1.82) is 0 Å². The third kappa shape index (κ3) is 4.99. The molecule has 0 spiro atoms. The van der Waals surface area contributed by atoms with Gasteiger partial charge in [0.25, 0.3) is 0 Å². The van der Waals surface area contributed by atoms with Crippen molar-refractivity contribution >= 4 is 132 Å². The fraction of sp³-hybridized carbons (Fsp3) is 0. The average Bonchev–Trinajstić information content (AvgIpc) is 3.95. The molecule has 0 aliphatic carbocycles. The molecule has 2 heterocycles. The minimum absolute atomic E-state index is 0.858. The van der Waals surface area contributed by atoms with E-state index in [9.17, 15) is 0 Å². The summed E-state index contributed by atoms with van der Waals surface area (Å²) >= 11 is 0. The standard InChI is InChI=1S/C60H36N2O2/c1-3-16-41(17-4-1)61(51-24-13-23-48-57-43-20-9-7-14-37(43)30-35-54(57)64-59(48)51)49-33-28-38-27-32-46-50(34-29-39-26-31-45(49)55(38)56(39)46)62(42-18-5-2-6-19-42)52-36-40-15-8-10-21-44(40)58-47-22-11-12-25-53(47)63-60(52)58/h1-36H. The lowest BCUT2D eigenvalue weighted by atomic mass is 9.91. The van der Waals surface area contributed by atoms with Crippen LogP contribution in [0.3, 0.4) is 0 Å². The summed E-state index contributed by atoms with van der Waals surface area (Å²) in [6, 6.07) is 78.4. The van der Waals surface area contributed by atoms with Crippen LogP contribution in [0.15, 0.2) is 227 Å². The number of rotatable bonds is 6. The van der Waals surface area contributed by atoms with Gasteiger partial charge in [-0.15, -0.1) is 0 Å². The number of furan rings is 2. The minimum Gasteiger partial charge on any atom is -0.454 e. The first-order chi connectivity index (χ1) is 31.8. The molecular formula is C60H36N2O2. The van der Waals surface area contributed by atoms with E-state index in [2.05, 4.69) is 228 Å². The van der Waals surface area contributed by atoms with Crippen molar-refractivity contribution in [3.8, 4) is 0 Å². The van der Waals surface area contributed by atoms with Gasteiger partial charge in [-0.05, 0) is 104 Å². The fourth-order valence-electron chi connectivity index (χ4n) is 10.6. The Bertz CT molecular complexity index is 4150. The Labute approximate surface area is 367 Å². The van der Waals surface area contributed by atoms with Gasteiger partial charge in [0, 0.05) is 43.7 Å². The van der Waals surface area contributed by atoms with Gasteiger partial charge in [0.15, 0.2) is 11.2 Å². The van der Waals surface area contributed by atoms with E-state index in [4.69, 9.17) is 8.83 Å². The van der Waals surface area contributed by atoms with Crippen LogP contribution in [0.5, 0.6) is 0 Å². The number of hydrogen-bond acceptors (Lipinski definition) is 4. The Morgan fingerprint density at radius 2 is 0.766 bits per heavy atom. The number of nitrogens with zero attached hydrogens (tertiary/aromatic N) is 2. The molecule has 0 unspecified atom stereocenters. The quantitative estimate of drug-likeness (QED) is 0.157. The molecular weight excluding hydrogens is 781 g/mol. The first kappa shape index (κ1) is 35.0. The Kier molecular flexibility index (Phi) is 7.36. The number of para-hydroxylation sites is 4. The molecule has 0 N–H and O–H groups in total. The van der Waals surface area contributed by atoms with E-state index in [-0.39, 0.29) is 0 Å². The van der Waals surface area contributed by atoms with Crippen molar-refractivity contribution in [2.24, 2.45) is 0 Å². The highest BCUT2D eigenvalue weighted by Crippen LogP contribution is 2.51. The maximum absolute atomic E-state index is 6.89. The Morgan fingerprint density at radius 3 is 1.45 bits per heavy atom. The van der Waals surface area contributed by atoms with Gasteiger partial charge in [-0.2, -0.15) is 0 Å². The molecule has 0 amide bonds. The molecule has 0 saturated carbocycles. The van der Waals surface area contributed by atoms with E-state index in [1.54, 1.807) is 0 Å². The predicted molar refractivity (Wildman–Crippen MR) is 269 cm³/mol. The first-order valence-electron chi connectivity index (χ1n) is 21.8. The summed E-state index contributed by atoms with van der Waals surface area (Å²) in [6.45, 7) is 0. The van der Waals surface area contributed by atoms with Crippen molar-refractivity contribution in [3.05, 3.63) is 218 Å². The molecule has 298 valence electrons. The maximum atomic E-state index is 6.89. The zero-order valence-corrected chi connectivity index (χ0v) is 34.5. The molecule has 2 aromatic heterocycles. The van der Waals surface area contributed by atoms with Crippen LogP contribution in [0, 0.1) is 0 Å². The van der Waals surface area contributed by atoms with Crippen LogP contribution in [0.4, 0.5) is 34.1 Å². The van der Waals surface area contributed by atoms with E-state index >= 15 is 0 Å². The maximum Gasteiger partial charge on any atom is 0.160 e. The largest absolute Gasteiger partial charge is 0.454 e. The molecule has 12 aromatic carbocycles. The van der Waals surface area contributed by atoms with Crippen LogP contribution < -0.4 is 9.80 Å². The van der Waals surface area contributed by atoms with Gasteiger partial charge in [-0.3, -0.25) is 0 Å². The Hall–Kier alpha value is -8.60. The highest BCUT2D eigenvalue weighted by molar-refractivity contribution is 6.30. The first-order valence-corrected chi connectivity index (χ1v) is 21.8. The van der Waals surface area contributed by atoms with Gasteiger partial charge in [0.1, 0.15) is 11.2 Å². The second-order valence-corrected chi connectivity index (χ2v) is 16.8. The Balaban J connectivity index is 1.04. The van der Waals surface area contributed by atoms with E-state index in [0.29, 0.717) is 0 Å². The molecule has 64 heavy (non-hydrogen) atoms. The summed E-state index contributed by atoms with van der Waals surface area (Å²) in [5.74, 6) is 0. The normalized spacial score (nSPS) is 12.1. The monoisotopic (exact) mass is 816 g/mol. The Morgan fingerprint density at radius 1 is 0.250 bits per heavy atom. The van der Waals surface area contributed by atoms with Crippen LogP contribution in [0.25, 0.3) is 97.7 Å². The van der Waals surface area contributed by atoms with Gasteiger partial charge in [-0.25, -0.2) is 0 Å². The third-order valence-corrected chi connectivity index (χ3v) is 13.3. The topological polar surface area (TPSA) is 32.8 Å². The smallest absolute Gasteiger partial charge is 0.160 e. The molecule has 0 fully saturated rings. The zero-order chi connectivity index (χ0) is 41.9. The molecule has 0 aliphatic heterocycles. The molecule has 0 saturated heterocycles. The van der Waals surface area contributed by atoms with E-state index in [1.165, 1.54) is 37.7 Å². The molecule has 4 heteroatoms. The number of benzene rings is 12. The van der Waals surface area contributed by atoms with Gasteiger partial charge < -0.3 is 18.6 Å². The fourth-order valence-corrected chi connectivity index (χ4v) is 10.6. The average molecular weight is 817 g/mol. The van der Waals surface area contributed by atoms with E-state index < -0.39 is 0 Å². The molecule has 14 rings (SSSR count). The van der Waals surface area contributed by atoms with Crippen molar-refractivity contribution in [2.45, 2.75) is 0 Å². The zero-order valence-electron chi connectivity index (χ0n) is 34.5. The van der Waals surface area contributed by atoms with Gasteiger partial charge in [0.05, 0.1) is 22.7 Å². The summed E-state index contributed by atoms with van der Waals surface area (Å²) in [7, 11) is 0. The molecule has 0 atom stereocenters. The summed E-state index contributed by atoms with van der Waals surface area (Å²) in [5.41, 5.74) is 9.72. The van der Waals surface area contributed by atoms with Gasteiger partial charge in [0.2, 0.25) is 0 Å². The predicted octanol–water partition coefficient (Wildman–Crippen LogP) is 17.6.